The summed E-state index contributed by atoms with van der Waals surface area (Å²) < 4.78 is 21.5. The summed E-state index contributed by atoms with van der Waals surface area (Å²) in [5.74, 6) is 0.898. The zero-order valence-corrected chi connectivity index (χ0v) is 14.7. The van der Waals surface area contributed by atoms with Gasteiger partial charge in [0, 0.05) is 7.11 Å². The lowest BCUT2D eigenvalue weighted by Gasteiger charge is -2.28. The summed E-state index contributed by atoms with van der Waals surface area (Å²) in [5, 5.41) is 0. The summed E-state index contributed by atoms with van der Waals surface area (Å²) >= 11 is 0. The molecular formula is C18H27NO5. The maximum absolute atomic E-state index is 12.8. The van der Waals surface area contributed by atoms with Gasteiger partial charge in [-0.05, 0) is 38.1 Å². The van der Waals surface area contributed by atoms with E-state index in [-0.39, 0.29) is 5.97 Å². The molecule has 1 aromatic rings. The summed E-state index contributed by atoms with van der Waals surface area (Å²) in [6.45, 7) is 2.06. The minimum atomic E-state index is -0.428. The van der Waals surface area contributed by atoms with Gasteiger partial charge in [0.2, 0.25) is 5.75 Å². The van der Waals surface area contributed by atoms with Crippen LogP contribution >= 0.6 is 0 Å². The van der Waals surface area contributed by atoms with Crippen LogP contribution in [0.5, 0.6) is 17.2 Å². The first kappa shape index (κ1) is 18.5. The molecule has 6 heteroatoms. The van der Waals surface area contributed by atoms with Gasteiger partial charge in [-0.15, -0.1) is 0 Å². The van der Waals surface area contributed by atoms with E-state index in [1.54, 1.807) is 25.3 Å². The second-order valence-electron chi connectivity index (χ2n) is 5.83. The number of para-hydroxylation sites is 1. The number of carbonyl (C=O) groups is 1. The van der Waals surface area contributed by atoms with Crippen molar-refractivity contribution in [2.75, 3.05) is 41.0 Å². The van der Waals surface area contributed by atoms with Gasteiger partial charge in [0.05, 0.1) is 20.8 Å². The quantitative estimate of drug-likeness (QED) is 0.563. The highest BCUT2D eigenvalue weighted by Crippen LogP contribution is 2.37. The van der Waals surface area contributed by atoms with Gasteiger partial charge in [0.15, 0.2) is 11.5 Å². The van der Waals surface area contributed by atoms with Gasteiger partial charge in [-0.1, -0.05) is 18.9 Å². The van der Waals surface area contributed by atoms with E-state index in [0.29, 0.717) is 23.9 Å². The number of methoxy groups -OCH3 is 3. The summed E-state index contributed by atoms with van der Waals surface area (Å²) in [7, 11) is 4.67. The van der Waals surface area contributed by atoms with Crippen molar-refractivity contribution in [1.82, 2.24) is 4.90 Å². The van der Waals surface area contributed by atoms with Crippen molar-refractivity contribution in [2.45, 2.75) is 31.7 Å². The molecule has 1 aliphatic heterocycles. The standard InChI is InChI=1S/C18H27NO5/c1-21-13-14(19-11-6-4-5-7-12-19)18(20)24-17-15(22-2)9-8-10-16(17)23-3/h8-10,14H,4-7,11-13H2,1-3H3. The monoisotopic (exact) mass is 337 g/mol. The summed E-state index contributed by atoms with van der Waals surface area (Å²) in [5.41, 5.74) is 0. The van der Waals surface area contributed by atoms with E-state index in [1.807, 2.05) is 0 Å². The Morgan fingerprint density at radius 3 is 2.12 bits per heavy atom. The SMILES string of the molecule is COCC(C(=O)Oc1c(OC)cccc1OC)N1CCCCCC1. The average molecular weight is 337 g/mol. The van der Waals surface area contributed by atoms with Crippen molar-refractivity contribution in [3.63, 3.8) is 0 Å². The molecule has 0 N–H and O–H groups in total. The van der Waals surface area contributed by atoms with Crippen molar-refractivity contribution in [1.29, 1.82) is 0 Å². The molecule has 24 heavy (non-hydrogen) atoms. The van der Waals surface area contributed by atoms with Gasteiger partial charge in [-0.3, -0.25) is 4.90 Å². The maximum Gasteiger partial charge on any atom is 0.331 e. The largest absolute Gasteiger partial charge is 0.493 e. The van der Waals surface area contributed by atoms with Crippen LogP contribution in [0.2, 0.25) is 0 Å². The third-order valence-corrected chi connectivity index (χ3v) is 4.26. The number of likely N-dealkylation sites (tertiary alicyclic amines) is 1. The molecule has 134 valence electrons. The molecule has 0 bridgehead atoms. The Morgan fingerprint density at radius 2 is 1.62 bits per heavy atom. The number of ether oxygens (including phenoxy) is 4. The number of hydrogen-bond donors (Lipinski definition) is 0. The van der Waals surface area contributed by atoms with Crippen molar-refractivity contribution >= 4 is 5.97 Å². The first-order valence-corrected chi connectivity index (χ1v) is 8.37. The minimum Gasteiger partial charge on any atom is -0.493 e. The van der Waals surface area contributed by atoms with Gasteiger partial charge in [-0.25, -0.2) is 4.79 Å². The average Bonchev–Trinajstić information content (AvgIpc) is 2.88. The Kier molecular flexibility index (Phi) is 7.34. The van der Waals surface area contributed by atoms with E-state index < -0.39 is 6.04 Å². The third kappa shape index (κ3) is 4.61. The van der Waals surface area contributed by atoms with Crippen LogP contribution in [-0.2, 0) is 9.53 Å². The fourth-order valence-electron chi connectivity index (χ4n) is 2.97. The van der Waals surface area contributed by atoms with E-state index in [9.17, 15) is 4.79 Å². The maximum atomic E-state index is 12.8. The molecule has 1 aliphatic rings. The molecule has 0 amide bonds. The minimum absolute atomic E-state index is 0.302. The number of carbonyl (C=O) groups excluding carboxylic acids is 1. The molecule has 0 saturated carbocycles. The molecule has 0 aromatic heterocycles. The summed E-state index contributed by atoms with van der Waals surface area (Å²) in [6.07, 6.45) is 4.58. The van der Waals surface area contributed by atoms with Crippen LogP contribution in [0.15, 0.2) is 18.2 Å². The molecular weight excluding hydrogens is 310 g/mol. The molecule has 0 radical (unpaired) electrons. The number of hydrogen-bond acceptors (Lipinski definition) is 6. The van der Waals surface area contributed by atoms with E-state index in [2.05, 4.69) is 4.90 Å². The highest BCUT2D eigenvalue weighted by molar-refractivity contribution is 5.80. The van der Waals surface area contributed by atoms with Crippen LogP contribution in [-0.4, -0.2) is 57.9 Å². The molecule has 1 atom stereocenters. The number of esters is 1. The van der Waals surface area contributed by atoms with Crippen LogP contribution in [0, 0.1) is 0 Å². The highest BCUT2D eigenvalue weighted by Gasteiger charge is 2.30. The number of nitrogens with zero attached hydrogens (tertiary/aromatic N) is 1. The first-order chi connectivity index (χ1) is 11.7. The smallest absolute Gasteiger partial charge is 0.331 e. The fraction of sp³-hybridized carbons (Fsp3) is 0.611. The summed E-state index contributed by atoms with van der Waals surface area (Å²) in [6, 6.07) is 4.84. The molecule has 1 saturated heterocycles. The van der Waals surface area contributed by atoms with Crippen LogP contribution in [0.1, 0.15) is 25.7 Å². The van der Waals surface area contributed by atoms with Gasteiger partial charge < -0.3 is 18.9 Å². The van der Waals surface area contributed by atoms with Crippen molar-refractivity contribution in [2.24, 2.45) is 0 Å². The van der Waals surface area contributed by atoms with Gasteiger partial charge in [-0.2, -0.15) is 0 Å². The second-order valence-corrected chi connectivity index (χ2v) is 5.83. The molecule has 1 unspecified atom stereocenters. The lowest BCUT2D eigenvalue weighted by molar-refractivity contribution is -0.142. The molecule has 0 spiro atoms. The number of benzene rings is 1. The molecule has 2 rings (SSSR count). The predicted molar refractivity (Wildman–Crippen MR) is 90.9 cm³/mol. The van der Waals surface area contributed by atoms with E-state index in [0.717, 1.165) is 25.9 Å². The van der Waals surface area contributed by atoms with E-state index in [1.165, 1.54) is 27.1 Å². The van der Waals surface area contributed by atoms with Gasteiger partial charge in [0.1, 0.15) is 6.04 Å². The first-order valence-electron chi connectivity index (χ1n) is 8.37. The molecule has 1 fully saturated rings. The molecule has 0 aliphatic carbocycles. The Morgan fingerprint density at radius 1 is 1.04 bits per heavy atom. The van der Waals surface area contributed by atoms with Crippen LogP contribution in [0.4, 0.5) is 0 Å². The lowest BCUT2D eigenvalue weighted by Crippen LogP contribution is -2.46. The topological polar surface area (TPSA) is 57.2 Å². The third-order valence-electron chi connectivity index (χ3n) is 4.26. The Bertz CT molecular complexity index is 504. The van der Waals surface area contributed by atoms with E-state index in [4.69, 9.17) is 18.9 Å². The molecule has 6 nitrogen and oxygen atoms in total. The Balaban J connectivity index is 2.18. The van der Waals surface area contributed by atoms with Crippen LogP contribution < -0.4 is 14.2 Å². The predicted octanol–water partition coefficient (Wildman–Crippen LogP) is 2.50. The fourth-order valence-corrected chi connectivity index (χ4v) is 2.97. The van der Waals surface area contributed by atoms with Gasteiger partial charge in [0.25, 0.3) is 0 Å². The second kappa shape index (κ2) is 9.49. The Hall–Kier alpha value is -1.79. The normalized spacial score (nSPS) is 17.0. The number of rotatable bonds is 7. The molecule has 1 aromatic carbocycles. The lowest BCUT2D eigenvalue weighted by atomic mass is 10.2. The zero-order valence-electron chi connectivity index (χ0n) is 14.7. The molecule has 1 heterocycles. The van der Waals surface area contributed by atoms with Crippen LogP contribution in [0.3, 0.4) is 0 Å². The zero-order chi connectivity index (χ0) is 17.4. The van der Waals surface area contributed by atoms with E-state index >= 15 is 0 Å². The van der Waals surface area contributed by atoms with Crippen LogP contribution in [0.25, 0.3) is 0 Å². The van der Waals surface area contributed by atoms with Crippen molar-refractivity contribution in [3.8, 4) is 17.2 Å². The Labute approximate surface area is 143 Å². The van der Waals surface area contributed by atoms with Gasteiger partial charge >= 0.3 is 5.97 Å². The summed E-state index contributed by atoms with van der Waals surface area (Å²) in [4.78, 5) is 14.9. The van der Waals surface area contributed by atoms with Crippen molar-refractivity contribution < 1.29 is 23.7 Å². The highest BCUT2D eigenvalue weighted by atomic mass is 16.6. The van der Waals surface area contributed by atoms with Crippen molar-refractivity contribution in [3.05, 3.63) is 18.2 Å².